The highest BCUT2D eigenvalue weighted by Crippen LogP contribution is 2.29. The molecule has 0 saturated heterocycles. The van der Waals surface area contributed by atoms with Crippen LogP contribution in [0.5, 0.6) is 0 Å². The van der Waals surface area contributed by atoms with Crippen LogP contribution in [0.25, 0.3) is 10.6 Å². The van der Waals surface area contributed by atoms with E-state index >= 15 is 0 Å². The van der Waals surface area contributed by atoms with Crippen LogP contribution >= 0.6 is 22.9 Å². The number of nitrogens with one attached hydrogen (secondary N) is 1. The van der Waals surface area contributed by atoms with Gasteiger partial charge in [0.05, 0.1) is 14.9 Å². The number of rotatable bonds is 2. The summed E-state index contributed by atoms with van der Waals surface area (Å²) in [6, 6.07) is 4.66. The maximum atomic E-state index is 11.1. The maximum Gasteiger partial charge on any atom is 0.354 e. The van der Waals surface area contributed by atoms with E-state index in [0.29, 0.717) is 14.9 Å². The van der Waals surface area contributed by atoms with Crippen molar-refractivity contribution in [2.24, 2.45) is 0 Å². The first-order valence-corrected chi connectivity index (χ1v) is 5.36. The molecule has 0 amide bonds. The van der Waals surface area contributed by atoms with Crippen LogP contribution < -0.4 is 5.69 Å². The van der Waals surface area contributed by atoms with Crippen molar-refractivity contribution in [1.82, 2.24) is 9.97 Å². The number of carboxylic acid groups (broad SMARTS) is 1. The molecule has 0 bridgehead atoms. The number of aromatic nitrogens is 2. The zero-order valence-electron chi connectivity index (χ0n) is 7.73. The van der Waals surface area contributed by atoms with Crippen LogP contribution in [0.2, 0.25) is 4.34 Å². The summed E-state index contributed by atoms with van der Waals surface area (Å²) in [5, 5.41) is 8.75. The molecular weight excluding hydrogens is 252 g/mol. The fourth-order valence-corrected chi connectivity index (χ4v) is 2.17. The summed E-state index contributed by atoms with van der Waals surface area (Å²) < 4.78 is 0.560. The van der Waals surface area contributed by atoms with E-state index in [-0.39, 0.29) is 5.69 Å². The second-order valence-corrected chi connectivity index (χ2v) is 4.61. The van der Waals surface area contributed by atoms with Gasteiger partial charge in [-0.1, -0.05) is 11.6 Å². The van der Waals surface area contributed by atoms with Gasteiger partial charge in [-0.25, -0.2) is 9.59 Å². The van der Waals surface area contributed by atoms with Gasteiger partial charge < -0.3 is 10.1 Å². The van der Waals surface area contributed by atoms with Gasteiger partial charge in [0.15, 0.2) is 5.69 Å². The van der Waals surface area contributed by atoms with Gasteiger partial charge in [0.1, 0.15) is 0 Å². The van der Waals surface area contributed by atoms with Crippen molar-refractivity contribution in [3.8, 4) is 10.6 Å². The third-order valence-corrected chi connectivity index (χ3v) is 3.07. The first-order chi connectivity index (χ1) is 7.56. The second kappa shape index (κ2) is 4.07. The summed E-state index contributed by atoms with van der Waals surface area (Å²) in [7, 11) is 0. The van der Waals surface area contributed by atoms with Gasteiger partial charge in [-0.05, 0) is 18.2 Å². The SMILES string of the molecule is O=C(O)c1cc(-c2ccc(Cl)s2)[nH]c(=O)n1. The summed E-state index contributed by atoms with van der Waals surface area (Å²) in [6.45, 7) is 0. The van der Waals surface area contributed by atoms with E-state index in [9.17, 15) is 9.59 Å². The molecule has 5 nitrogen and oxygen atoms in total. The molecule has 0 radical (unpaired) electrons. The number of hydrogen-bond acceptors (Lipinski definition) is 4. The van der Waals surface area contributed by atoms with Crippen LogP contribution in [0.4, 0.5) is 0 Å². The topological polar surface area (TPSA) is 83.0 Å². The summed E-state index contributed by atoms with van der Waals surface area (Å²) in [5.74, 6) is -1.24. The molecule has 2 rings (SSSR count). The average molecular weight is 257 g/mol. The molecule has 7 heteroatoms. The lowest BCUT2D eigenvalue weighted by Gasteiger charge is -1.98. The van der Waals surface area contributed by atoms with E-state index < -0.39 is 11.7 Å². The lowest BCUT2D eigenvalue weighted by Crippen LogP contribution is -2.16. The van der Waals surface area contributed by atoms with Gasteiger partial charge in [0.2, 0.25) is 0 Å². The molecule has 0 aliphatic rings. The van der Waals surface area contributed by atoms with Crippen LogP contribution in [0.15, 0.2) is 23.0 Å². The van der Waals surface area contributed by atoms with E-state index in [1.807, 2.05) is 0 Å². The predicted octanol–water partition coefficient (Wildman–Crippen LogP) is 1.85. The van der Waals surface area contributed by atoms with Gasteiger partial charge >= 0.3 is 11.7 Å². The van der Waals surface area contributed by atoms with Crippen LogP contribution in [0, 0.1) is 0 Å². The molecule has 0 aromatic carbocycles. The summed E-state index contributed by atoms with van der Waals surface area (Å²) in [6.07, 6.45) is 0. The lowest BCUT2D eigenvalue weighted by molar-refractivity contribution is 0.0690. The van der Waals surface area contributed by atoms with Crippen molar-refractivity contribution in [2.45, 2.75) is 0 Å². The van der Waals surface area contributed by atoms with Crippen LogP contribution in [-0.4, -0.2) is 21.0 Å². The maximum absolute atomic E-state index is 11.1. The zero-order chi connectivity index (χ0) is 11.7. The summed E-state index contributed by atoms with van der Waals surface area (Å²) in [5.41, 5.74) is -0.586. The Morgan fingerprint density at radius 2 is 2.25 bits per heavy atom. The van der Waals surface area contributed by atoms with Crippen molar-refractivity contribution in [3.05, 3.63) is 38.7 Å². The molecule has 0 spiro atoms. The van der Waals surface area contributed by atoms with Crippen LogP contribution in [0.1, 0.15) is 10.5 Å². The Kier molecular flexibility index (Phi) is 2.76. The van der Waals surface area contributed by atoms with Crippen molar-refractivity contribution in [1.29, 1.82) is 0 Å². The molecule has 2 aromatic rings. The van der Waals surface area contributed by atoms with Crippen molar-refractivity contribution < 1.29 is 9.90 Å². The molecule has 0 atom stereocenters. The fourth-order valence-electron chi connectivity index (χ4n) is 1.16. The molecule has 0 aliphatic carbocycles. The summed E-state index contributed by atoms with van der Waals surface area (Å²) >= 11 is 6.99. The van der Waals surface area contributed by atoms with Gasteiger partial charge in [0, 0.05) is 0 Å². The number of hydrogen-bond donors (Lipinski definition) is 2. The highest BCUT2D eigenvalue weighted by Gasteiger charge is 2.10. The Morgan fingerprint density at radius 1 is 1.50 bits per heavy atom. The second-order valence-electron chi connectivity index (χ2n) is 2.89. The van der Waals surface area contributed by atoms with E-state index in [2.05, 4.69) is 9.97 Å². The largest absolute Gasteiger partial charge is 0.477 e. The highest BCUT2D eigenvalue weighted by atomic mass is 35.5. The number of thiophene rings is 1. The monoisotopic (exact) mass is 256 g/mol. The third kappa shape index (κ3) is 2.12. The molecular formula is C9H5ClN2O3S. The number of aromatic carboxylic acids is 1. The molecule has 0 fully saturated rings. The van der Waals surface area contributed by atoms with E-state index in [4.69, 9.17) is 16.7 Å². The number of aromatic amines is 1. The Labute approximate surface area is 98.4 Å². The van der Waals surface area contributed by atoms with Gasteiger partial charge in [-0.2, -0.15) is 4.98 Å². The molecule has 2 N–H and O–H groups in total. The number of nitrogens with zero attached hydrogens (tertiary/aromatic N) is 1. The van der Waals surface area contributed by atoms with Crippen LogP contribution in [-0.2, 0) is 0 Å². The van der Waals surface area contributed by atoms with Gasteiger partial charge in [-0.3, -0.25) is 0 Å². The average Bonchev–Trinajstić information content (AvgIpc) is 2.64. The molecule has 0 unspecified atom stereocenters. The number of carboxylic acids is 1. The molecule has 82 valence electrons. The van der Waals surface area contributed by atoms with E-state index in [1.54, 1.807) is 12.1 Å². The minimum atomic E-state index is -1.24. The highest BCUT2D eigenvalue weighted by molar-refractivity contribution is 7.19. The molecule has 0 aliphatic heterocycles. The van der Waals surface area contributed by atoms with E-state index in [1.165, 1.54) is 17.4 Å². The Balaban J connectivity index is 2.57. The third-order valence-electron chi connectivity index (χ3n) is 1.80. The first-order valence-electron chi connectivity index (χ1n) is 4.16. The zero-order valence-corrected chi connectivity index (χ0v) is 9.30. The minimum Gasteiger partial charge on any atom is -0.477 e. The van der Waals surface area contributed by atoms with Crippen molar-refractivity contribution in [3.63, 3.8) is 0 Å². The smallest absolute Gasteiger partial charge is 0.354 e. The molecule has 2 heterocycles. The van der Waals surface area contributed by atoms with Crippen molar-refractivity contribution >= 4 is 28.9 Å². The fraction of sp³-hybridized carbons (Fsp3) is 0. The first kappa shape index (κ1) is 10.8. The number of halogens is 1. The van der Waals surface area contributed by atoms with Crippen molar-refractivity contribution in [2.75, 3.05) is 0 Å². The predicted molar refractivity (Wildman–Crippen MR) is 60.1 cm³/mol. The number of carbonyl (C=O) groups is 1. The Bertz CT molecular complexity index is 605. The van der Waals surface area contributed by atoms with Gasteiger partial charge in [-0.15, -0.1) is 11.3 Å². The minimum absolute atomic E-state index is 0.289. The number of H-pyrrole nitrogens is 1. The standard InChI is InChI=1S/C9H5ClN2O3S/c10-7-2-1-6(16-7)4-3-5(8(13)14)12-9(15)11-4/h1-3H,(H,13,14)(H,11,12,15). The molecule has 16 heavy (non-hydrogen) atoms. The Hall–Kier alpha value is -1.66. The lowest BCUT2D eigenvalue weighted by atomic mass is 10.3. The molecule has 2 aromatic heterocycles. The summed E-state index contributed by atoms with van der Waals surface area (Å²) in [4.78, 5) is 28.3. The van der Waals surface area contributed by atoms with Crippen LogP contribution in [0.3, 0.4) is 0 Å². The molecule has 0 saturated carbocycles. The van der Waals surface area contributed by atoms with E-state index in [0.717, 1.165) is 0 Å². The quantitative estimate of drug-likeness (QED) is 0.859. The normalized spacial score (nSPS) is 10.3. The van der Waals surface area contributed by atoms with Gasteiger partial charge in [0.25, 0.3) is 0 Å². The Morgan fingerprint density at radius 3 is 2.81 bits per heavy atom.